The molecule has 4 rings (SSSR count). The van der Waals surface area contributed by atoms with Gasteiger partial charge in [0.05, 0.1) is 7.11 Å². The average molecular weight is 387 g/mol. The molecular formula is C26H39FO. The molecule has 3 saturated carbocycles. The lowest BCUT2D eigenvalue weighted by Crippen LogP contribution is -2.34. The molecule has 156 valence electrons. The molecule has 0 radical (unpaired) electrons. The SMILES string of the molecule is CCC[C@H]1CC[C@H]([C@@H]2CC[C@@H]3C[C@H](c4ccc(OC)c(F)c4)CC[C@@H]3C2)CC1. The zero-order valence-electron chi connectivity index (χ0n) is 18.0. The number of hydrogen-bond acceptors (Lipinski definition) is 1. The summed E-state index contributed by atoms with van der Waals surface area (Å²) in [7, 11) is 1.54. The molecule has 3 aliphatic rings. The van der Waals surface area contributed by atoms with Crippen molar-refractivity contribution in [2.45, 2.75) is 89.9 Å². The van der Waals surface area contributed by atoms with E-state index in [0.29, 0.717) is 11.7 Å². The third-order valence-electron chi connectivity index (χ3n) is 8.56. The summed E-state index contributed by atoms with van der Waals surface area (Å²) in [5, 5.41) is 0. The van der Waals surface area contributed by atoms with Crippen LogP contribution in [0.1, 0.15) is 95.5 Å². The third-order valence-corrected chi connectivity index (χ3v) is 8.56. The minimum atomic E-state index is -0.204. The Morgan fingerprint density at radius 3 is 2.18 bits per heavy atom. The molecule has 4 atom stereocenters. The molecule has 0 saturated heterocycles. The van der Waals surface area contributed by atoms with Gasteiger partial charge < -0.3 is 4.74 Å². The molecule has 2 heteroatoms. The predicted octanol–water partition coefficient (Wildman–Crippen LogP) is 7.74. The molecule has 28 heavy (non-hydrogen) atoms. The molecule has 1 nitrogen and oxygen atoms in total. The fourth-order valence-electron chi connectivity index (χ4n) is 6.95. The van der Waals surface area contributed by atoms with Crippen molar-refractivity contribution in [1.29, 1.82) is 0 Å². The van der Waals surface area contributed by atoms with Gasteiger partial charge in [0.15, 0.2) is 11.6 Å². The van der Waals surface area contributed by atoms with E-state index in [1.54, 1.807) is 6.07 Å². The lowest BCUT2D eigenvalue weighted by Gasteiger charge is -2.45. The summed E-state index contributed by atoms with van der Waals surface area (Å²) in [4.78, 5) is 0. The predicted molar refractivity (Wildman–Crippen MR) is 114 cm³/mol. The maximum absolute atomic E-state index is 14.1. The number of hydrogen-bond donors (Lipinski definition) is 0. The zero-order valence-corrected chi connectivity index (χ0v) is 18.0. The van der Waals surface area contributed by atoms with Crippen LogP contribution in [0.25, 0.3) is 0 Å². The zero-order chi connectivity index (χ0) is 19.5. The Balaban J connectivity index is 1.31. The van der Waals surface area contributed by atoms with E-state index in [0.717, 1.165) is 29.6 Å². The monoisotopic (exact) mass is 386 g/mol. The first-order chi connectivity index (χ1) is 13.7. The largest absolute Gasteiger partial charge is 0.494 e. The van der Waals surface area contributed by atoms with Crippen molar-refractivity contribution in [2.75, 3.05) is 7.11 Å². The lowest BCUT2D eigenvalue weighted by atomic mass is 9.60. The fraction of sp³-hybridized carbons (Fsp3) is 0.769. The van der Waals surface area contributed by atoms with Gasteiger partial charge in [0.25, 0.3) is 0 Å². The summed E-state index contributed by atoms with van der Waals surface area (Å²) in [5.41, 5.74) is 1.19. The number of rotatable bonds is 5. The second-order valence-electron chi connectivity index (χ2n) is 10.1. The van der Waals surface area contributed by atoms with Crippen LogP contribution in [0.15, 0.2) is 18.2 Å². The molecule has 3 aliphatic carbocycles. The molecule has 0 amide bonds. The summed E-state index contributed by atoms with van der Waals surface area (Å²) in [6, 6.07) is 5.63. The molecule has 3 fully saturated rings. The van der Waals surface area contributed by atoms with Crippen molar-refractivity contribution >= 4 is 0 Å². The Labute approximate surface area is 171 Å². The molecule has 0 aromatic heterocycles. The van der Waals surface area contributed by atoms with Crippen LogP contribution in [0.4, 0.5) is 4.39 Å². The molecule has 0 heterocycles. The van der Waals surface area contributed by atoms with Gasteiger partial charge in [0, 0.05) is 0 Å². The number of methoxy groups -OCH3 is 1. The lowest BCUT2D eigenvalue weighted by molar-refractivity contribution is 0.0711. The van der Waals surface area contributed by atoms with E-state index in [4.69, 9.17) is 4.74 Å². The highest BCUT2D eigenvalue weighted by molar-refractivity contribution is 5.31. The maximum Gasteiger partial charge on any atom is 0.165 e. The Bertz CT molecular complexity index is 633. The number of fused-ring (bicyclic) bond motifs is 1. The van der Waals surface area contributed by atoms with E-state index in [9.17, 15) is 4.39 Å². The van der Waals surface area contributed by atoms with E-state index in [1.807, 2.05) is 6.07 Å². The Hall–Kier alpha value is -1.05. The second kappa shape index (κ2) is 9.18. The summed E-state index contributed by atoms with van der Waals surface area (Å²) < 4.78 is 19.2. The normalized spacial score (nSPS) is 36.0. The minimum absolute atomic E-state index is 0.204. The highest BCUT2D eigenvalue weighted by atomic mass is 19.1. The third kappa shape index (κ3) is 4.41. The van der Waals surface area contributed by atoms with Crippen LogP contribution < -0.4 is 4.74 Å². The van der Waals surface area contributed by atoms with Gasteiger partial charge in [-0.25, -0.2) is 4.39 Å². The molecule has 0 aliphatic heterocycles. The summed E-state index contributed by atoms with van der Waals surface area (Å²) in [6.07, 6.45) is 17.0. The fourth-order valence-corrected chi connectivity index (χ4v) is 6.95. The quantitative estimate of drug-likeness (QED) is 0.503. The smallest absolute Gasteiger partial charge is 0.165 e. The van der Waals surface area contributed by atoms with E-state index in [-0.39, 0.29) is 5.82 Å². The van der Waals surface area contributed by atoms with Crippen LogP contribution in [0.5, 0.6) is 5.75 Å². The topological polar surface area (TPSA) is 9.23 Å². The molecule has 0 spiro atoms. The average Bonchev–Trinajstić information content (AvgIpc) is 2.74. The van der Waals surface area contributed by atoms with Gasteiger partial charge in [-0.3, -0.25) is 0 Å². The van der Waals surface area contributed by atoms with Crippen molar-refractivity contribution in [2.24, 2.45) is 29.6 Å². The minimum Gasteiger partial charge on any atom is -0.494 e. The van der Waals surface area contributed by atoms with Crippen LogP contribution in [0.2, 0.25) is 0 Å². The van der Waals surface area contributed by atoms with Crippen LogP contribution in [-0.4, -0.2) is 7.11 Å². The number of halogens is 1. The van der Waals surface area contributed by atoms with E-state index >= 15 is 0 Å². The van der Waals surface area contributed by atoms with Crippen molar-refractivity contribution in [1.82, 2.24) is 0 Å². The van der Waals surface area contributed by atoms with Gasteiger partial charge >= 0.3 is 0 Å². The van der Waals surface area contributed by atoms with Crippen molar-refractivity contribution in [3.05, 3.63) is 29.6 Å². The van der Waals surface area contributed by atoms with Gasteiger partial charge in [-0.15, -0.1) is 0 Å². The van der Waals surface area contributed by atoms with E-state index in [2.05, 4.69) is 13.0 Å². The highest BCUT2D eigenvalue weighted by Crippen LogP contribution is 2.51. The van der Waals surface area contributed by atoms with Gasteiger partial charge in [0.1, 0.15) is 0 Å². The summed E-state index contributed by atoms with van der Waals surface area (Å²) >= 11 is 0. The number of ether oxygens (including phenoxy) is 1. The Morgan fingerprint density at radius 2 is 1.50 bits per heavy atom. The first-order valence-electron chi connectivity index (χ1n) is 12.0. The van der Waals surface area contributed by atoms with Crippen molar-refractivity contribution in [3.63, 3.8) is 0 Å². The Kier molecular flexibility index (Phi) is 6.63. The molecule has 0 bridgehead atoms. The second-order valence-corrected chi connectivity index (χ2v) is 10.1. The standard InChI is InChI=1S/C26H39FO/c1-3-4-18-5-7-19(8-6-18)20-9-10-22-16-23(12-11-21(22)15-20)24-13-14-26(28-2)25(27)17-24/h13-14,17-23H,3-12,15-16H2,1-2H3/t18-,19-,20-,21-,22-,23-/m1/s1. The molecule has 1 aromatic carbocycles. The summed E-state index contributed by atoms with van der Waals surface area (Å²) in [6.45, 7) is 2.34. The van der Waals surface area contributed by atoms with Gasteiger partial charge in [0.2, 0.25) is 0 Å². The molecule has 0 unspecified atom stereocenters. The van der Waals surface area contributed by atoms with Gasteiger partial charge in [-0.05, 0) is 105 Å². The first-order valence-corrected chi connectivity index (χ1v) is 12.0. The van der Waals surface area contributed by atoms with Gasteiger partial charge in [-0.2, -0.15) is 0 Å². The Morgan fingerprint density at radius 1 is 0.857 bits per heavy atom. The highest BCUT2D eigenvalue weighted by Gasteiger charge is 2.39. The van der Waals surface area contributed by atoms with Crippen molar-refractivity contribution < 1.29 is 9.13 Å². The molecular weight excluding hydrogens is 347 g/mol. The maximum atomic E-state index is 14.1. The molecule has 0 N–H and O–H groups in total. The first kappa shape index (κ1) is 20.2. The van der Waals surface area contributed by atoms with Crippen molar-refractivity contribution in [3.8, 4) is 5.75 Å². The van der Waals surface area contributed by atoms with Gasteiger partial charge in [-0.1, -0.05) is 38.7 Å². The summed E-state index contributed by atoms with van der Waals surface area (Å²) in [5.74, 6) is 5.56. The van der Waals surface area contributed by atoms with Crippen LogP contribution in [0.3, 0.4) is 0 Å². The molecule has 1 aromatic rings. The van der Waals surface area contributed by atoms with E-state index < -0.39 is 0 Å². The van der Waals surface area contributed by atoms with Crippen LogP contribution in [0, 0.1) is 35.4 Å². The van der Waals surface area contributed by atoms with E-state index in [1.165, 1.54) is 89.7 Å². The van der Waals surface area contributed by atoms with Crippen LogP contribution >= 0.6 is 0 Å². The number of benzene rings is 1. The van der Waals surface area contributed by atoms with Crippen LogP contribution in [-0.2, 0) is 0 Å².